The van der Waals surface area contributed by atoms with Gasteiger partial charge in [0.15, 0.2) is 0 Å². The van der Waals surface area contributed by atoms with Gasteiger partial charge in [-0.2, -0.15) is 0 Å². The van der Waals surface area contributed by atoms with Gasteiger partial charge in [0.1, 0.15) is 11.9 Å². The second kappa shape index (κ2) is 6.77. The van der Waals surface area contributed by atoms with Crippen molar-refractivity contribution in [2.75, 3.05) is 13.1 Å². The summed E-state index contributed by atoms with van der Waals surface area (Å²) in [4.78, 5) is 47.6. The standard InChI is InChI=1S/C22H26N6O3/c1-25-12-23-19(24-25)22(31)26-7-6-17-14(10-26)11-28(15-4-5-15)21(30)18(17)20(29)27-9-13-2-3-16(27)8-13/h11-13,15-16H,2-10H2,1H3/t13-,16-/m0/s1. The molecule has 4 aliphatic rings. The molecule has 2 aliphatic carbocycles. The second-order valence-corrected chi connectivity index (χ2v) is 9.46. The zero-order valence-electron chi connectivity index (χ0n) is 17.7. The molecule has 0 N–H and O–H groups in total. The van der Waals surface area contributed by atoms with Gasteiger partial charge in [-0.05, 0) is 55.6 Å². The fourth-order valence-electron chi connectivity index (χ4n) is 5.59. The lowest BCUT2D eigenvalue weighted by Gasteiger charge is -2.32. The Balaban J connectivity index is 1.37. The SMILES string of the molecule is Cn1cnc(C(=O)N2CCc3c(cn(C4CC4)c(=O)c3C(=O)N3C[C@H]4CC[C@H]3C4)C2)n1. The zero-order valence-corrected chi connectivity index (χ0v) is 17.7. The molecule has 1 saturated heterocycles. The highest BCUT2D eigenvalue weighted by molar-refractivity contribution is 5.96. The fourth-order valence-corrected chi connectivity index (χ4v) is 5.59. The van der Waals surface area contributed by atoms with Crippen molar-refractivity contribution >= 4 is 11.8 Å². The fraction of sp³-hybridized carbons (Fsp3) is 0.591. The Hall–Kier alpha value is -2.97. The molecular weight excluding hydrogens is 396 g/mol. The summed E-state index contributed by atoms with van der Waals surface area (Å²) in [5.74, 6) is 0.429. The van der Waals surface area contributed by atoms with Crippen molar-refractivity contribution in [3.05, 3.63) is 45.4 Å². The summed E-state index contributed by atoms with van der Waals surface area (Å²) in [6.07, 6.45) is 9.11. The zero-order chi connectivity index (χ0) is 21.3. The van der Waals surface area contributed by atoms with Crippen LogP contribution in [0.1, 0.15) is 70.2 Å². The summed E-state index contributed by atoms with van der Waals surface area (Å²) in [6, 6.07) is 0.446. The summed E-state index contributed by atoms with van der Waals surface area (Å²) < 4.78 is 3.25. The molecule has 31 heavy (non-hydrogen) atoms. The lowest BCUT2D eigenvalue weighted by atomic mass is 9.95. The van der Waals surface area contributed by atoms with E-state index >= 15 is 0 Å². The number of likely N-dealkylation sites (tertiary alicyclic amines) is 1. The largest absolute Gasteiger partial charge is 0.335 e. The summed E-state index contributed by atoms with van der Waals surface area (Å²) in [5, 5.41) is 4.13. The number of hydrogen-bond acceptors (Lipinski definition) is 5. The molecule has 9 heteroatoms. The third-order valence-electron chi connectivity index (χ3n) is 7.33. The van der Waals surface area contributed by atoms with Crippen LogP contribution in [0.4, 0.5) is 0 Å². The summed E-state index contributed by atoms with van der Waals surface area (Å²) >= 11 is 0. The van der Waals surface area contributed by atoms with Gasteiger partial charge in [0.05, 0.1) is 0 Å². The van der Waals surface area contributed by atoms with Crippen LogP contribution >= 0.6 is 0 Å². The predicted octanol–water partition coefficient (Wildman–Crippen LogP) is 1.13. The molecule has 2 aromatic heterocycles. The van der Waals surface area contributed by atoms with Crippen LogP contribution in [-0.2, 0) is 20.0 Å². The molecule has 2 bridgehead atoms. The van der Waals surface area contributed by atoms with Crippen molar-refractivity contribution < 1.29 is 9.59 Å². The highest BCUT2D eigenvalue weighted by Gasteiger charge is 2.43. The topological polar surface area (TPSA) is 93.3 Å². The Labute approximate surface area is 179 Å². The quantitative estimate of drug-likeness (QED) is 0.739. The summed E-state index contributed by atoms with van der Waals surface area (Å²) in [6.45, 7) is 1.58. The molecule has 6 rings (SSSR count). The molecule has 3 fully saturated rings. The Bertz CT molecular complexity index is 1150. The van der Waals surface area contributed by atoms with E-state index in [9.17, 15) is 14.4 Å². The first kappa shape index (κ1) is 18.8. The van der Waals surface area contributed by atoms with Gasteiger partial charge in [0, 0.05) is 45.0 Å². The molecule has 162 valence electrons. The van der Waals surface area contributed by atoms with Crippen LogP contribution in [0.15, 0.2) is 17.3 Å². The average molecular weight is 422 g/mol. The molecule has 2 saturated carbocycles. The van der Waals surface area contributed by atoms with Crippen molar-refractivity contribution in [3.8, 4) is 0 Å². The van der Waals surface area contributed by atoms with Gasteiger partial charge in [-0.25, -0.2) is 4.98 Å². The molecule has 2 atom stereocenters. The summed E-state index contributed by atoms with van der Waals surface area (Å²) in [7, 11) is 1.73. The summed E-state index contributed by atoms with van der Waals surface area (Å²) in [5.41, 5.74) is 1.92. The first-order chi connectivity index (χ1) is 15.0. The Kier molecular flexibility index (Phi) is 4.10. The van der Waals surface area contributed by atoms with Crippen LogP contribution in [-0.4, -0.2) is 60.1 Å². The number of rotatable bonds is 3. The average Bonchev–Trinajstić information content (AvgIpc) is 3.16. The number of piperidine rings is 1. The van der Waals surface area contributed by atoms with Gasteiger partial charge in [-0.15, -0.1) is 5.10 Å². The lowest BCUT2D eigenvalue weighted by Crippen LogP contribution is -2.44. The number of hydrogen-bond donors (Lipinski definition) is 0. The number of aryl methyl sites for hydroxylation is 1. The van der Waals surface area contributed by atoms with E-state index in [0.29, 0.717) is 31.0 Å². The monoisotopic (exact) mass is 422 g/mol. The van der Waals surface area contributed by atoms with Gasteiger partial charge in [0.25, 0.3) is 17.4 Å². The number of aromatic nitrogens is 4. The van der Waals surface area contributed by atoms with Gasteiger partial charge >= 0.3 is 0 Å². The van der Waals surface area contributed by atoms with E-state index in [1.165, 1.54) is 17.4 Å². The number of carbonyl (C=O) groups excluding carboxylic acids is 2. The van der Waals surface area contributed by atoms with E-state index in [-0.39, 0.29) is 35.3 Å². The van der Waals surface area contributed by atoms with E-state index in [1.54, 1.807) is 16.5 Å². The molecule has 0 spiro atoms. The maximum absolute atomic E-state index is 13.6. The van der Waals surface area contributed by atoms with Crippen LogP contribution < -0.4 is 5.56 Å². The second-order valence-electron chi connectivity index (χ2n) is 9.46. The van der Waals surface area contributed by atoms with Crippen LogP contribution in [0.25, 0.3) is 0 Å². The van der Waals surface area contributed by atoms with E-state index in [4.69, 9.17) is 0 Å². The van der Waals surface area contributed by atoms with Gasteiger partial charge in [0.2, 0.25) is 5.82 Å². The minimum Gasteiger partial charge on any atom is -0.335 e. The molecule has 2 amide bonds. The number of nitrogens with zero attached hydrogens (tertiary/aromatic N) is 6. The lowest BCUT2D eigenvalue weighted by molar-refractivity contribution is 0.0696. The van der Waals surface area contributed by atoms with Crippen LogP contribution in [0.5, 0.6) is 0 Å². The number of amides is 2. The van der Waals surface area contributed by atoms with E-state index in [1.807, 2.05) is 11.1 Å². The number of pyridine rings is 1. The van der Waals surface area contributed by atoms with E-state index < -0.39 is 0 Å². The maximum atomic E-state index is 13.6. The molecule has 2 aliphatic heterocycles. The maximum Gasteiger partial charge on any atom is 0.293 e. The molecule has 0 radical (unpaired) electrons. The Morgan fingerprint density at radius 2 is 1.90 bits per heavy atom. The first-order valence-electron chi connectivity index (χ1n) is 11.2. The third kappa shape index (κ3) is 3.01. The van der Waals surface area contributed by atoms with Crippen molar-refractivity contribution in [3.63, 3.8) is 0 Å². The van der Waals surface area contributed by atoms with Crippen LogP contribution in [0.2, 0.25) is 0 Å². The Morgan fingerprint density at radius 1 is 1.10 bits per heavy atom. The van der Waals surface area contributed by atoms with Gasteiger partial charge < -0.3 is 14.4 Å². The number of fused-ring (bicyclic) bond motifs is 3. The van der Waals surface area contributed by atoms with Crippen molar-refractivity contribution in [1.29, 1.82) is 0 Å². The molecule has 4 heterocycles. The molecule has 0 unspecified atom stereocenters. The molecule has 9 nitrogen and oxygen atoms in total. The first-order valence-corrected chi connectivity index (χ1v) is 11.2. The van der Waals surface area contributed by atoms with E-state index in [2.05, 4.69) is 10.1 Å². The van der Waals surface area contributed by atoms with Gasteiger partial charge in [-0.3, -0.25) is 19.1 Å². The molecular formula is C22H26N6O3. The minimum absolute atomic E-state index is 0.102. The molecule has 0 aromatic carbocycles. The normalized spacial score (nSPS) is 24.5. The van der Waals surface area contributed by atoms with Crippen LogP contribution in [0, 0.1) is 5.92 Å². The smallest absolute Gasteiger partial charge is 0.293 e. The number of carbonyl (C=O) groups is 2. The predicted molar refractivity (Wildman–Crippen MR) is 111 cm³/mol. The van der Waals surface area contributed by atoms with Crippen molar-refractivity contribution in [2.24, 2.45) is 13.0 Å². The van der Waals surface area contributed by atoms with E-state index in [0.717, 1.165) is 43.4 Å². The minimum atomic E-state index is -0.222. The Morgan fingerprint density at radius 3 is 2.55 bits per heavy atom. The van der Waals surface area contributed by atoms with Crippen molar-refractivity contribution in [2.45, 2.75) is 57.2 Å². The highest BCUT2D eigenvalue weighted by atomic mass is 16.2. The third-order valence-corrected chi connectivity index (χ3v) is 7.33. The van der Waals surface area contributed by atoms with Crippen molar-refractivity contribution in [1.82, 2.24) is 29.1 Å². The van der Waals surface area contributed by atoms with Crippen LogP contribution in [0.3, 0.4) is 0 Å². The molecule has 2 aromatic rings. The highest BCUT2D eigenvalue weighted by Crippen LogP contribution is 2.39. The van der Waals surface area contributed by atoms with Gasteiger partial charge in [-0.1, -0.05) is 0 Å².